The summed E-state index contributed by atoms with van der Waals surface area (Å²) < 4.78 is 0. The Morgan fingerprint density at radius 3 is 2.44 bits per heavy atom. The van der Waals surface area contributed by atoms with E-state index in [1.54, 1.807) is 11.0 Å². The van der Waals surface area contributed by atoms with E-state index in [1.165, 1.54) is 6.42 Å². The van der Waals surface area contributed by atoms with Crippen molar-refractivity contribution < 1.29 is 4.79 Å². The van der Waals surface area contributed by atoms with E-state index in [0.717, 1.165) is 18.5 Å². The van der Waals surface area contributed by atoms with Crippen LogP contribution >= 0.6 is 0 Å². The van der Waals surface area contributed by atoms with Gasteiger partial charge in [0.1, 0.15) is 5.56 Å². The van der Waals surface area contributed by atoms with Crippen molar-refractivity contribution in [1.29, 1.82) is 0 Å². The van der Waals surface area contributed by atoms with E-state index in [9.17, 15) is 9.59 Å². The number of hydrogen-bond acceptors (Lipinski definition) is 2. The van der Waals surface area contributed by atoms with Crippen molar-refractivity contribution >= 4 is 5.91 Å². The van der Waals surface area contributed by atoms with Crippen LogP contribution in [0.3, 0.4) is 0 Å². The van der Waals surface area contributed by atoms with E-state index in [4.69, 9.17) is 0 Å². The van der Waals surface area contributed by atoms with Crippen LogP contribution in [-0.2, 0) is 0 Å². The lowest BCUT2D eigenvalue weighted by Gasteiger charge is -2.25. The lowest BCUT2D eigenvalue weighted by atomic mass is 9.82. The molecule has 1 amide bonds. The molecule has 1 saturated carbocycles. The van der Waals surface area contributed by atoms with Crippen molar-refractivity contribution in [2.45, 2.75) is 39.0 Å². The highest BCUT2D eigenvalue weighted by Gasteiger charge is 2.22. The summed E-state index contributed by atoms with van der Waals surface area (Å²) in [4.78, 5) is 28.6. The minimum absolute atomic E-state index is 0.179. The molecule has 4 nitrogen and oxygen atoms in total. The van der Waals surface area contributed by atoms with Gasteiger partial charge in [0, 0.05) is 18.8 Å². The highest BCUT2D eigenvalue weighted by Crippen LogP contribution is 2.34. The Kier molecular flexibility index (Phi) is 3.84. The maximum Gasteiger partial charge on any atom is 0.261 e. The zero-order valence-corrected chi connectivity index (χ0v) is 11.0. The van der Waals surface area contributed by atoms with Gasteiger partial charge in [-0.1, -0.05) is 6.42 Å². The number of H-pyrrole nitrogens is 1. The fourth-order valence-electron chi connectivity index (χ4n) is 2.30. The van der Waals surface area contributed by atoms with Gasteiger partial charge in [-0.15, -0.1) is 0 Å². The molecule has 0 atom stereocenters. The molecule has 1 aliphatic rings. The summed E-state index contributed by atoms with van der Waals surface area (Å²) in [7, 11) is 0. The minimum atomic E-state index is -0.253. The molecule has 18 heavy (non-hydrogen) atoms. The van der Waals surface area contributed by atoms with Gasteiger partial charge in [0.2, 0.25) is 0 Å². The first-order chi connectivity index (χ1) is 8.67. The van der Waals surface area contributed by atoms with Gasteiger partial charge in [0.15, 0.2) is 0 Å². The number of hydrogen-bond donors (Lipinski definition) is 1. The van der Waals surface area contributed by atoms with E-state index in [-0.39, 0.29) is 17.0 Å². The van der Waals surface area contributed by atoms with Crippen LogP contribution in [0.5, 0.6) is 0 Å². The van der Waals surface area contributed by atoms with Crippen molar-refractivity contribution in [2.75, 3.05) is 13.1 Å². The Morgan fingerprint density at radius 1 is 1.33 bits per heavy atom. The van der Waals surface area contributed by atoms with Crippen LogP contribution in [-0.4, -0.2) is 28.9 Å². The number of nitrogens with zero attached hydrogens (tertiary/aromatic N) is 1. The van der Waals surface area contributed by atoms with Gasteiger partial charge in [-0.05, 0) is 44.7 Å². The monoisotopic (exact) mass is 248 g/mol. The number of carbonyl (C=O) groups excluding carboxylic acids is 1. The third-order valence-electron chi connectivity index (χ3n) is 3.76. The first-order valence-corrected chi connectivity index (χ1v) is 6.69. The Bertz CT molecular complexity index is 485. The normalized spacial score (nSPS) is 15.2. The largest absolute Gasteiger partial charge is 0.339 e. The van der Waals surface area contributed by atoms with Gasteiger partial charge in [-0.2, -0.15) is 0 Å². The molecule has 1 aliphatic carbocycles. The second kappa shape index (κ2) is 5.38. The highest BCUT2D eigenvalue weighted by molar-refractivity contribution is 5.93. The third-order valence-corrected chi connectivity index (χ3v) is 3.76. The Hall–Kier alpha value is -1.58. The quantitative estimate of drug-likeness (QED) is 0.887. The van der Waals surface area contributed by atoms with Crippen LogP contribution < -0.4 is 5.56 Å². The van der Waals surface area contributed by atoms with Crippen LogP contribution in [0, 0.1) is 0 Å². The van der Waals surface area contributed by atoms with Crippen LogP contribution in [0.2, 0.25) is 0 Å². The van der Waals surface area contributed by atoms with Gasteiger partial charge in [-0.3, -0.25) is 9.59 Å². The molecule has 0 aromatic carbocycles. The molecule has 0 unspecified atom stereocenters. The molecule has 1 fully saturated rings. The smallest absolute Gasteiger partial charge is 0.261 e. The summed E-state index contributed by atoms with van der Waals surface area (Å²) in [6.45, 7) is 5.08. The Morgan fingerprint density at radius 2 is 2.00 bits per heavy atom. The number of amides is 1. The molecular formula is C14H20N2O2. The van der Waals surface area contributed by atoms with E-state index in [1.807, 2.05) is 19.9 Å². The molecule has 0 aliphatic heterocycles. The fraction of sp³-hybridized carbons (Fsp3) is 0.571. The second-order valence-corrected chi connectivity index (χ2v) is 4.76. The van der Waals surface area contributed by atoms with Crippen molar-refractivity contribution in [3.63, 3.8) is 0 Å². The molecular weight excluding hydrogens is 228 g/mol. The Balaban J connectivity index is 2.24. The van der Waals surface area contributed by atoms with Gasteiger partial charge < -0.3 is 9.88 Å². The van der Waals surface area contributed by atoms with Gasteiger partial charge in [-0.25, -0.2) is 0 Å². The van der Waals surface area contributed by atoms with Crippen LogP contribution in [0.4, 0.5) is 0 Å². The molecule has 2 rings (SSSR count). The van der Waals surface area contributed by atoms with Crippen molar-refractivity contribution in [2.24, 2.45) is 0 Å². The van der Waals surface area contributed by atoms with Crippen molar-refractivity contribution in [3.05, 3.63) is 33.7 Å². The third kappa shape index (κ3) is 2.33. The first-order valence-electron chi connectivity index (χ1n) is 6.69. The minimum Gasteiger partial charge on any atom is -0.339 e. The second-order valence-electron chi connectivity index (χ2n) is 4.76. The molecule has 0 bridgehead atoms. The molecule has 1 aromatic rings. The molecule has 1 heterocycles. The van der Waals surface area contributed by atoms with Gasteiger partial charge >= 0.3 is 0 Å². The summed E-state index contributed by atoms with van der Waals surface area (Å²) in [5.41, 5.74) is 0.973. The summed E-state index contributed by atoms with van der Waals surface area (Å²) in [5.74, 6) is 0.303. The maximum absolute atomic E-state index is 12.1. The van der Waals surface area contributed by atoms with E-state index >= 15 is 0 Å². The number of aromatic nitrogens is 1. The predicted octanol–water partition coefficient (Wildman–Crippen LogP) is 2.12. The highest BCUT2D eigenvalue weighted by atomic mass is 16.2. The molecule has 0 radical (unpaired) electrons. The molecule has 1 N–H and O–H groups in total. The number of carbonyl (C=O) groups is 1. The maximum atomic E-state index is 12.1. The summed E-state index contributed by atoms with van der Waals surface area (Å²) in [6.07, 6.45) is 3.51. The summed E-state index contributed by atoms with van der Waals surface area (Å²) >= 11 is 0. The SMILES string of the molecule is CCN(CC)C(=O)c1ccc(C2CCC2)[nH]c1=O. The van der Waals surface area contributed by atoms with E-state index in [0.29, 0.717) is 19.0 Å². The topological polar surface area (TPSA) is 53.2 Å². The lowest BCUT2D eigenvalue weighted by Crippen LogP contribution is -2.34. The van der Waals surface area contributed by atoms with Crippen LogP contribution in [0.15, 0.2) is 16.9 Å². The first kappa shape index (κ1) is 12.9. The molecule has 1 aromatic heterocycles. The number of aromatic amines is 1. The molecule has 0 spiro atoms. The van der Waals surface area contributed by atoms with Crippen LogP contribution in [0.25, 0.3) is 0 Å². The predicted molar refractivity (Wildman–Crippen MR) is 70.9 cm³/mol. The molecule has 0 saturated heterocycles. The fourth-order valence-corrected chi connectivity index (χ4v) is 2.30. The number of pyridine rings is 1. The number of rotatable bonds is 4. The average Bonchev–Trinajstić information content (AvgIpc) is 2.28. The number of nitrogens with one attached hydrogen (secondary N) is 1. The van der Waals surface area contributed by atoms with Crippen molar-refractivity contribution in [1.82, 2.24) is 9.88 Å². The summed E-state index contributed by atoms with van der Waals surface area (Å²) in [5, 5.41) is 0. The van der Waals surface area contributed by atoms with Gasteiger partial charge in [0.05, 0.1) is 0 Å². The zero-order chi connectivity index (χ0) is 13.1. The van der Waals surface area contributed by atoms with Gasteiger partial charge in [0.25, 0.3) is 11.5 Å². The zero-order valence-electron chi connectivity index (χ0n) is 11.0. The summed E-state index contributed by atoms with van der Waals surface area (Å²) in [6, 6.07) is 3.56. The molecule has 4 heteroatoms. The van der Waals surface area contributed by atoms with E-state index in [2.05, 4.69) is 4.98 Å². The Labute approximate surface area is 107 Å². The molecule has 98 valence electrons. The average molecular weight is 248 g/mol. The standard InChI is InChI=1S/C14H20N2O2/c1-3-16(4-2)14(18)11-8-9-12(15-13(11)17)10-6-5-7-10/h8-10H,3-7H2,1-2H3,(H,15,17). The van der Waals surface area contributed by atoms with Crippen LogP contribution in [0.1, 0.15) is 55.1 Å². The van der Waals surface area contributed by atoms with Crippen molar-refractivity contribution in [3.8, 4) is 0 Å². The lowest BCUT2D eigenvalue weighted by molar-refractivity contribution is 0.0771. The van der Waals surface area contributed by atoms with E-state index < -0.39 is 0 Å².